The summed E-state index contributed by atoms with van der Waals surface area (Å²) in [7, 11) is 1.60. The van der Waals surface area contributed by atoms with Gasteiger partial charge < -0.3 is 10.5 Å². The molecule has 0 fully saturated rings. The second-order valence-corrected chi connectivity index (χ2v) is 4.26. The van der Waals surface area contributed by atoms with Crippen molar-refractivity contribution < 1.29 is 9.13 Å². The molecule has 0 aliphatic carbocycles. The number of methoxy groups -OCH3 is 1. The van der Waals surface area contributed by atoms with Crippen LogP contribution in [0.1, 0.15) is 18.5 Å². The summed E-state index contributed by atoms with van der Waals surface area (Å²) in [6, 6.07) is 12.1. The minimum absolute atomic E-state index is 0.0665. The predicted octanol–water partition coefficient (Wildman–Crippen LogP) is 3.52. The van der Waals surface area contributed by atoms with Crippen LogP contribution in [-0.2, 0) is 0 Å². The molecule has 3 heteroatoms. The fourth-order valence-electron chi connectivity index (χ4n) is 1.89. The molecule has 18 heavy (non-hydrogen) atoms. The van der Waals surface area contributed by atoms with Crippen molar-refractivity contribution in [1.82, 2.24) is 0 Å². The van der Waals surface area contributed by atoms with Crippen LogP contribution in [0.3, 0.4) is 0 Å². The van der Waals surface area contributed by atoms with E-state index in [0.717, 1.165) is 16.7 Å². The molecule has 2 nitrogen and oxygen atoms in total. The third-order valence-corrected chi connectivity index (χ3v) is 2.88. The highest BCUT2D eigenvalue weighted by Gasteiger charge is 2.09. The normalized spacial score (nSPS) is 12.2. The fourth-order valence-corrected chi connectivity index (χ4v) is 1.89. The Bertz CT molecular complexity index is 552. The van der Waals surface area contributed by atoms with Crippen LogP contribution in [0.5, 0.6) is 5.75 Å². The Kier molecular flexibility index (Phi) is 3.63. The molecule has 0 saturated carbocycles. The van der Waals surface area contributed by atoms with Crippen molar-refractivity contribution in [3.63, 3.8) is 0 Å². The second kappa shape index (κ2) is 5.19. The highest BCUT2D eigenvalue weighted by atomic mass is 19.1. The Morgan fingerprint density at radius 1 is 1.17 bits per heavy atom. The first-order chi connectivity index (χ1) is 8.61. The van der Waals surface area contributed by atoms with E-state index in [2.05, 4.69) is 0 Å². The summed E-state index contributed by atoms with van der Waals surface area (Å²) in [5.41, 5.74) is 8.50. The Morgan fingerprint density at radius 2 is 1.94 bits per heavy atom. The van der Waals surface area contributed by atoms with Gasteiger partial charge in [-0.3, -0.25) is 0 Å². The van der Waals surface area contributed by atoms with E-state index >= 15 is 0 Å². The maximum atomic E-state index is 13.3. The van der Waals surface area contributed by atoms with Crippen LogP contribution in [0.15, 0.2) is 42.5 Å². The van der Waals surface area contributed by atoms with E-state index in [1.807, 2.05) is 31.2 Å². The Morgan fingerprint density at radius 3 is 2.56 bits per heavy atom. The first kappa shape index (κ1) is 12.6. The summed E-state index contributed by atoms with van der Waals surface area (Å²) in [6.45, 7) is 1.91. The molecule has 0 radical (unpaired) electrons. The molecule has 2 aromatic rings. The van der Waals surface area contributed by atoms with Gasteiger partial charge in [0.25, 0.3) is 0 Å². The Hall–Kier alpha value is -1.87. The molecule has 1 atom stereocenters. The molecule has 1 unspecified atom stereocenters. The Labute approximate surface area is 106 Å². The van der Waals surface area contributed by atoms with E-state index < -0.39 is 0 Å². The van der Waals surface area contributed by atoms with Gasteiger partial charge in [0.2, 0.25) is 0 Å². The maximum Gasteiger partial charge on any atom is 0.126 e. The fraction of sp³-hybridized carbons (Fsp3) is 0.200. The topological polar surface area (TPSA) is 35.2 Å². The highest BCUT2D eigenvalue weighted by Crippen LogP contribution is 2.32. The molecule has 0 spiro atoms. The third kappa shape index (κ3) is 2.51. The molecule has 2 aromatic carbocycles. The van der Waals surface area contributed by atoms with Gasteiger partial charge in [0.1, 0.15) is 11.6 Å². The summed E-state index contributed by atoms with van der Waals surface area (Å²) < 4.78 is 18.6. The van der Waals surface area contributed by atoms with Gasteiger partial charge >= 0.3 is 0 Å². The van der Waals surface area contributed by atoms with Gasteiger partial charge in [-0.2, -0.15) is 0 Å². The molecular formula is C15H16FNO. The number of halogens is 1. The molecular weight excluding hydrogens is 229 g/mol. The molecule has 0 bridgehead atoms. The first-order valence-corrected chi connectivity index (χ1v) is 5.81. The number of rotatable bonds is 3. The number of nitrogens with two attached hydrogens (primary N) is 1. The SMILES string of the molecule is COc1ccc(C(C)N)cc1-c1cccc(F)c1. The zero-order chi connectivity index (χ0) is 13.1. The smallest absolute Gasteiger partial charge is 0.126 e. The molecule has 2 rings (SSSR count). The average molecular weight is 245 g/mol. The van der Waals surface area contributed by atoms with E-state index in [1.165, 1.54) is 12.1 Å². The summed E-state index contributed by atoms with van der Waals surface area (Å²) in [4.78, 5) is 0. The number of hydrogen-bond donors (Lipinski definition) is 1. The van der Waals surface area contributed by atoms with Crippen molar-refractivity contribution in [1.29, 1.82) is 0 Å². The minimum atomic E-state index is -0.263. The molecule has 0 heterocycles. The van der Waals surface area contributed by atoms with Crippen LogP contribution in [0.2, 0.25) is 0 Å². The largest absolute Gasteiger partial charge is 0.496 e. The van der Waals surface area contributed by atoms with Crippen molar-refractivity contribution in [2.45, 2.75) is 13.0 Å². The summed E-state index contributed by atoms with van der Waals surface area (Å²) in [6.07, 6.45) is 0. The van der Waals surface area contributed by atoms with Gasteiger partial charge in [-0.1, -0.05) is 18.2 Å². The lowest BCUT2D eigenvalue weighted by Gasteiger charge is -2.13. The average Bonchev–Trinajstić information content (AvgIpc) is 2.38. The van der Waals surface area contributed by atoms with E-state index in [-0.39, 0.29) is 11.9 Å². The van der Waals surface area contributed by atoms with Crippen LogP contribution in [0.25, 0.3) is 11.1 Å². The van der Waals surface area contributed by atoms with Crippen LogP contribution in [-0.4, -0.2) is 7.11 Å². The van der Waals surface area contributed by atoms with E-state index in [4.69, 9.17) is 10.5 Å². The van der Waals surface area contributed by atoms with Gasteiger partial charge in [0.05, 0.1) is 7.11 Å². The van der Waals surface area contributed by atoms with Gasteiger partial charge in [-0.25, -0.2) is 4.39 Å². The molecule has 0 aliphatic rings. The van der Waals surface area contributed by atoms with Crippen LogP contribution in [0, 0.1) is 5.82 Å². The monoisotopic (exact) mass is 245 g/mol. The van der Waals surface area contributed by atoms with Crippen molar-refractivity contribution in [3.05, 3.63) is 53.8 Å². The molecule has 0 saturated heterocycles. The molecule has 2 N–H and O–H groups in total. The highest BCUT2D eigenvalue weighted by molar-refractivity contribution is 5.71. The zero-order valence-corrected chi connectivity index (χ0v) is 10.5. The summed E-state index contributed by atoms with van der Waals surface area (Å²) >= 11 is 0. The van der Waals surface area contributed by atoms with Crippen molar-refractivity contribution in [2.24, 2.45) is 5.73 Å². The molecule has 0 aromatic heterocycles. The van der Waals surface area contributed by atoms with Gasteiger partial charge in [0, 0.05) is 11.6 Å². The molecule has 0 amide bonds. The number of ether oxygens (including phenoxy) is 1. The van der Waals surface area contributed by atoms with Crippen LogP contribution in [0.4, 0.5) is 4.39 Å². The number of benzene rings is 2. The van der Waals surface area contributed by atoms with E-state index in [9.17, 15) is 4.39 Å². The van der Waals surface area contributed by atoms with Crippen molar-refractivity contribution >= 4 is 0 Å². The van der Waals surface area contributed by atoms with E-state index in [1.54, 1.807) is 13.2 Å². The molecule has 94 valence electrons. The quantitative estimate of drug-likeness (QED) is 0.898. The lowest BCUT2D eigenvalue weighted by atomic mass is 9.99. The van der Waals surface area contributed by atoms with Crippen LogP contribution >= 0.6 is 0 Å². The lowest BCUT2D eigenvalue weighted by Crippen LogP contribution is -2.05. The standard InChI is InChI=1S/C15H16FNO/c1-10(17)11-6-7-15(18-2)14(9-11)12-4-3-5-13(16)8-12/h3-10H,17H2,1-2H3. The summed E-state index contributed by atoms with van der Waals surface area (Å²) in [5.74, 6) is 0.450. The van der Waals surface area contributed by atoms with Gasteiger partial charge in [0.15, 0.2) is 0 Å². The predicted molar refractivity (Wildman–Crippen MR) is 71.0 cm³/mol. The molecule has 0 aliphatic heterocycles. The maximum absolute atomic E-state index is 13.3. The number of hydrogen-bond acceptors (Lipinski definition) is 2. The van der Waals surface area contributed by atoms with Gasteiger partial charge in [-0.15, -0.1) is 0 Å². The van der Waals surface area contributed by atoms with Gasteiger partial charge in [-0.05, 0) is 42.3 Å². The zero-order valence-electron chi connectivity index (χ0n) is 10.5. The van der Waals surface area contributed by atoms with E-state index in [0.29, 0.717) is 5.75 Å². The Balaban J connectivity index is 2.56. The van der Waals surface area contributed by atoms with Crippen molar-refractivity contribution in [2.75, 3.05) is 7.11 Å². The second-order valence-electron chi connectivity index (χ2n) is 4.26. The first-order valence-electron chi connectivity index (χ1n) is 5.81. The minimum Gasteiger partial charge on any atom is -0.496 e. The lowest BCUT2D eigenvalue weighted by molar-refractivity contribution is 0.416. The van der Waals surface area contributed by atoms with Crippen LogP contribution < -0.4 is 10.5 Å². The van der Waals surface area contributed by atoms with Crippen molar-refractivity contribution in [3.8, 4) is 16.9 Å². The third-order valence-electron chi connectivity index (χ3n) is 2.88. The summed E-state index contributed by atoms with van der Waals surface area (Å²) in [5, 5.41) is 0.